The van der Waals surface area contributed by atoms with Crippen LogP contribution in [0.4, 0.5) is 0 Å². The predicted octanol–water partition coefficient (Wildman–Crippen LogP) is 5.21. The van der Waals surface area contributed by atoms with E-state index < -0.39 is 0 Å². The second kappa shape index (κ2) is 6.98. The second-order valence-corrected chi connectivity index (χ2v) is 7.04. The molecule has 1 nitrogen and oxygen atoms in total. The van der Waals surface area contributed by atoms with E-state index in [0.29, 0.717) is 5.02 Å². The highest BCUT2D eigenvalue weighted by Gasteiger charge is 2.28. The summed E-state index contributed by atoms with van der Waals surface area (Å²) in [5.41, 5.74) is 1.36. The van der Waals surface area contributed by atoms with Crippen molar-refractivity contribution in [2.24, 2.45) is 5.41 Å². The Morgan fingerprint density at radius 2 is 2.00 bits per heavy atom. The topological polar surface area (TPSA) is 3.24 Å². The average molecular weight is 312 g/mol. The van der Waals surface area contributed by atoms with E-state index in [4.69, 9.17) is 23.2 Å². The molecule has 110 valence electrons. The highest BCUT2D eigenvalue weighted by atomic mass is 35.5. The van der Waals surface area contributed by atoms with Gasteiger partial charge in [0.25, 0.3) is 0 Å². The van der Waals surface area contributed by atoms with E-state index in [0.717, 1.165) is 24.4 Å². The Morgan fingerprint density at radius 3 is 2.60 bits per heavy atom. The Bertz CT molecular complexity index is 466. The van der Waals surface area contributed by atoms with Crippen molar-refractivity contribution >= 4 is 23.2 Å². The fourth-order valence-corrected chi connectivity index (χ4v) is 3.62. The van der Waals surface area contributed by atoms with Crippen molar-refractivity contribution in [2.45, 2.75) is 32.6 Å². The van der Waals surface area contributed by atoms with Gasteiger partial charge in [-0.2, -0.15) is 0 Å². The molecular formula is C17H23Cl2N. The lowest BCUT2D eigenvalue weighted by atomic mass is 9.80. The first-order chi connectivity index (χ1) is 9.52. The van der Waals surface area contributed by atoms with Gasteiger partial charge in [-0.3, -0.25) is 0 Å². The van der Waals surface area contributed by atoms with Gasteiger partial charge in [0.2, 0.25) is 0 Å². The number of rotatable bonds is 6. The lowest BCUT2D eigenvalue weighted by Gasteiger charge is -2.33. The van der Waals surface area contributed by atoms with Crippen LogP contribution in [0.5, 0.6) is 0 Å². The third-order valence-corrected chi connectivity index (χ3v) is 4.66. The molecule has 1 unspecified atom stereocenters. The van der Waals surface area contributed by atoms with Crippen LogP contribution in [0.2, 0.25) is 10.0 Å². The summed E-state index contributed by atoms with van der Waals surface area (Å²) in [4.78, 5) is 2.56. The molecule has 20 heavy (non-hydrogen) atoms. The zero-order chi connectivity index (χ0) is 14.6. The SMILES string of the molecule is C=CCC(C)(Cc1ccc(Cl)cc1Cl)CN1CCCC1. The lowest BCUT2D eigenvalue weighted by Crippen LogP contribution is -2.35. The molecular weight excluding hydrogens is 289 g/mol. The quantitative estimate of drug-likeness (QED) is 0.651. The summed E-state index contributed by atoms with van der Waals surface area (Å²) < 4.78 is 0. The molecule has 2 rings (SSSR count). The molecule has 0 N–H and O–H groups in total. The van der Waals surface area contributed by atoms with Crippen LogP contribution in [-0.4, -0.2) is 24.5 Å². The van der Waals surface area contributed by atoms with E-state index in [-0.39, 0.29) is 5.41 Å². The Kier molecular flexibility index (Phi) is 5.54. The molecule has 1 saturated heterocycles. The first kappa shape index (κ1) is 15.9. The highest BCUT2D eigenvalue weighted by molar-refractivity contribution is 6.35. The van der Waals surface area contributed by atoms with Crippen LogP contribution in [-0.2, 0) is 6.42 Å². The van der Waals surface area contributed by atoms with Crippen LogP contribution in [0.25, 0.3) is 0 Å². The molecule has 0 bridgehead atoms. The number of hydrogen-bond donors (Lipinski definition) is 0. The van der Waals surface area contributed by atoms with Crippen LogP contribution >= 0.6 is 23.2 Å². The molecule has 0 spiro atoms. The molecule has 1 fully saturated rings. The van der Waals surface area contributed by atoms with Crippen LogP contribution in [0.3, 0.4) is 0 Å². The van der Waals surface area contributed by atoms with E-state index in [1.807, 2.05) is 18.2 Å². The average Bonchev–Trinajstić information content (AvgIpc) is 2.85. The standard InChI is InChI=1S/C17H23Cl2N/c1-3-8-17(2,13-20-9-4-5-10-20)12-14-6-7-15(18)11-16(14)19/h3,6-7,11H,1,4-5,8-10,12-13H2,2H3. The van der Waals surface area contributed by atoms with Gasteiger partial charge in [-0.15, -0.1) is 6.58 Å². The summed E-state index contributed by atoms with van der Waals surface area (Å²) in [6.45, 7) is 9.81. The van der Waals surface area contributed by atoms with Gasteiger partial charge >= 0.3 is 0 Å². The van der Waals surface area contributed by atoms with Gasteiger partial charge in [-0.1, -0.05) is 42.3 Å². The maximum atomic E-state index is 6.33. The van der Waals surface area contributed by atoms with Gasteiger partial charge in [0.15, 0.2) is 0 Å². The molecule has 0 radical (unpaired) electrons. The number of halogens is 2. The van der Waals surface area contributed by atoms with Crippen molar-refractivity contribution in [1.29, 1.82) is 0 Å². The summed E-state index contributed by atoms with van der Waals surface area (Å²) in [6.07, 6.45) is 6.64. The fourth-order valence-electron chi connectivity index (χ4n) is 3.15. The molecule has 0 aromatic heterocycles. The molecule has 1 atom stereocenters. The molecule has 0 aliphatic carbocycles. The molecule has 1 aromatic rings. The van der Waals surface area contributed by atoms with Crippen molar-refractivity contribution in [3.05, 3.63) is 46.5 Å². The fraction of sp³-hybridized carbons (Fsp3) is 0.529. The maximum absolute atomic E-state index is 6.33. The first-order valence-corrected chi connectivity index (χ1v) is 8.05. The molecule has 3 heteroatoms. The minimum Gasteiger partial charge on any atom is -0.303 e. The van der Waals surface area contributed by atoms with Gasteiger partial charge in [0.1, 0.15) is 0 Å². The maximum Gasteiger partial charge on any atom is 0.0453 e. The summed E-state index contributed by atoms with van der Waals surface area (Å²) >= 11 is 12.3. The van der Waals surface area contributed by atoms with Crippen molar-refractivity contribution < 1.29 is 0 Å². The third kappa shape index (κ3) is 4.25. The minimum absolute atomic E-state index is 0.184. The lowest BCUT2D eigenvalue weighted by molar-refractivity contribution is 0.191. The van der Waals surface area contributed by atoms with Crippen molar-refractivity contribution in [1.82, 2.24) is 4.90 Å². The summed E-state index contributed by atoms with van der Waals surface area (Å²) in [7, 11) is 0. The molecule has 0 amide bonds. The van der Waals surface area contributed by atoms with E-state index in [9.17, 15) is 0 Å². The monoisotopic (exact) mass is 311 g/mol. The van der Waals surface area contributed by atoms with E-state index in [1.54, 1.807) is 0 Å². The summed E-state index contributed by atoms with van der Waals surface area (Å²) in [5, 5.41) is 1.47. The third-order valence-electron chi connectivity index (χ3n) is 4.07. The normalized spacial score (nSPS) is 18.9. The Balaban J connectivity index is 2.12. The Labute approximate surface area is 132 Å². The smallest absolute Gasteiger partial charge is 0.0453 e. The number of hydrogen-bond acceptors (Lipinski definition) is 1. The second-order valence-electron chi connectivity index (χ2n) is 6.20. The van der Waals surface area contributed by atoms with Crippen molar-refractivity contribution in [2.75, 3.05) is 19.6 Å². The number of allylic oxidation sites excluding steroid dienone is 1. The van der Waals surface area contributed by atoms with Gasteiger partial charge < -0.3 is 4.90 Å². The summed E-state index contributed by atoms with van der Waals surface area (Å²) in [6, 6.07) is 5.81. The van der Waals surface area contributed by atoms with Crippen LogP contribution in [0.15, 0.2) is 30.9 Å². The molecule has 1 aromatic carbocycles. The number of likely N-dealkylation sites (tertiary alicyclic amines) is 1. The molecule has 1 heterocycles. The molecule has 1 aliphatic rings. The molecule has 0 saturated carbocycles. The highest BCUT2D eigenvalue weighted by Crippen LogP contribution is 2.33. The van der Waals surface area contributed by atoms with Gasteiger partial charge in [-0.05, 0) is 61.9 Å². The van der Waals surface area contributed by atoms with E-state index in [1.165, 1.54) is 31.5 Å². The van der Waals surface area contributed by atoms with E-state index >= 15 is 0 Å². The van der Waals surface area contributed by atoms with Gasteiger partial charge in [0.05, 0.1) is 0 Å². The number of nitrogens with zero attached hydrogens (tertiary/aromatic N) is 1. The first-order valence-electron chi connectivity index (χ1n) is 7.30. The predicted molar refractivity (Wildman–Crippen MR) is 88.8 cm³/mol. The van der Waals surface area contributed by atoms with Crippen LogP contribution in [0.1, 0.15) is 31.7 Å². The van der Waals surface area contributed by atoms with Crippen molar-refractivity contribution in [3.8, 4) is 0 Å². The van der Waals surface area contributed by atoms with Crippen molar-refractivity contribution in [3.63, 3.8) is 0 Å². The largest absolute Gasteiger partial charge is 0.303 e. The minimum atomic E-state index is 0.184. The molecule has 1 aliphatic heterocycles. The summed E-state index contributed by atoms with van der Waals surface area (Å²) in [5.74, 6) is 0. The Hall–Kier alpha value is -0.500. The van der Waals surface area contributed by atoms with E-state index in [2.05, 4.69) is 24.5 Å². The van der Waals surface area contributed by atoms with Crippen LogP contribution in [0, 0.1) is 5.41 Å². The Morgan fingerprint density at radius 1 is 1.30 bits per heavy atom. The van der Waals surface area contributed by atoms with Gasteiger partial charge in [-0.25, -0.2) is 0 Å². The zero-order valence-electron chi connectivity index (χ0n) is 12.2. The van der Waals surface area contributed by atoms with Gasteiger partial charge in [0, 0.05) is 16.6 Å². The number of benzene rings is 1. The zero-order valence-corrected chi connectivity index (χ0v) is 13.7. The van der Waals surface area contributed by atoms with Crippen LogP contribution < -0.4 is 0 Å².